The summed E-state index contributed by atoms with van der Waals surface area (Å²) in [7, 11) is 3.04. The Balaban J connectivity index is 0.00000104. The summed E-state index contributed by atoms with van der Waals surface area (Å²) in [6.07, 6.45) is 41.5. The van der Waals surface area contributed by atoms with Crippen molar-refractivity contribution in [3.8, 4) is 23.0 Å². The van der Waals surface area contributed by atoms with Gasteiger partial charge in [0.05, 0.1) is 14.2 Å². The van der Waals surface area contributed by atoms with E-state index in [9.17, 15) is 10.2 Å². The van der Waals surface area contributed by atoms with E-state index in [-0.39, 0.29) is 28.6 Å². The number of ether oxygens (including phenoxy) is 2. The van der Waals surface area contributed by atoms with E-state index in [2.05, 4.69) is 23.8 Å². The smallest absolute Gasteiger partial charge is 0.870 e. The molecule has 0 bridgehead atoms. The van der Waals surface area contributed by atoms with Gasteiger partial charge in [-0.15, -0.1) is 0 Å². The van der Waals surface area contributed by atoms with Gasteiger partial charge < -0.3 is 19.7 Å². The van der Waals surface area contributed by atoms with Crippen molar-refractivity contribution in [1.82, 2.24) is 0 Å². The van der Waals surface area contributed by atoms with E-state index < -0.39 is 0 Å². The topological polar surface area (TPSA) is 89.3 Å². The van der Waals surface area contributed by atoms with E-state index >= 15 is 0 Å². The Kier molecular flexibility index (Phi) is 37.9. The average Bonchev–Trinajstić information content (AvgIpc) is 3.19. The number of unbranched alkanes of at least 4 members (excludes halogenated alkanes) is 26. The number of hydrogen-bond donors (Lipinski definition) is 0. The van der Waals surface area contributed by atoms with E-state index in [0.717, 1.165) is 25.9 Å². The SMILES string of the molecule is CCCCCCCCCCCCCCCCN=Cc1cccc(OC)c1[O-].CCCCCCCCCCCCCCCCN=Cc1cccc(OC)c1[O-].[Cu+2]. The van der Waals surface area contributed by atoms with Crippen LogP contribution in [0.25, 0.3) is 0 Å². The van der Waals surface area contributed by atoms with Gasteiger partial charge in [-0.25, -0.2) is 0 Å². The molecule has 0 unspecified atom stereocenters. The van der Waals surface area contributed by atoms with E-state index in [1.807, 2.05) is 12.1 Å². The molecule has 1 radical (unpaired) electrons. The second kappa shape index (κ2) is 39.7. The van der Waals surface area contributed by atoms with Gasteiger partial charge in [-0.1, -0.05) is 217 Å². The number of rotatable bonds is 34. The molecule has 0 aromatic heterocycles. The van der Waals surface area contributed by atoms with Crippen molar-refractivity contribution in [3.05, 3.63) is 47.5 Å². The molecule has 0 aliphatic carbocycles. The molecule has 0 aliphatic rings. The van der Waals surface area contributed by atoms with Gasteiger partial charge in [0.2, 0.25) is 0 Å². The summed E-state index contributed by atoms with van der Waals surface area (Å²) in [6.45, 7) is 6.15. The Morgan fingerprint density at radius 1 is 0.418 bits per heavy atom. The molecule has 2 aromatic rings. The first-order valence-electron chi connectivity index (χ1n) is 22.3. The summed E-state index contributed by atoms with van der Waals surface area (Å²) in [5, 5.41) is 24.0. The molecule has 55 heavy (non-hydrogen) atoms. The van der Waals surface area contributed by atoms with Crippen molar-refractivity contribution in [2.75, 3.05) is 27.3 Å². The summed E-state index contributed by atoms with van der Waals surface area (Å²) in [5.74, 6) is 0.611. The molecule has 2 rings (SSSR count). The first kappa shape index (κ1) is 52.5. The third kappa shape index (κ3) is 29.4. The van der Waals surface area contributed by atoms with Crippen molar-refractivity contribution in [2.45, 2.75) is 194 Å². The van der Waals surface area contributed by atoms with Crippen LogP contribution >= 0.6 is 0 Å². The van der Waals surface area contributed by atoms with Crippen molar-refractivity contribution < 1.29 is 36.8 Å². The normalized spacial score (nSPS) is 11.1. The predicted octanol–water partition coefficient (Wildman–Crippen LogP) is 13.3. The monoisotopic (exact) mass is 812 g/mol. The standard InChI is InChI=1S/2C24H41NO2.Cu/c2*1-3-4-5-6-7-8-9-10-11-12-13-14-15-16-20-25-21-22-18-17-19-23(27-2)24(22)26;/h2*17-19,21,26H,3-16,20H2,1-2H3;/q;;+2/p-2. The van der Waals surface area contributed by atoms with Crippen molar-refractivity contribution >= 4 is 12.4 Å². The summed E-state index contributed by atoms with van der Waals surface area (Å²) < 4.78 is 10.1. The maximum Gasteiger partial charge on any atom is 2.00 e. The van der Waals surface area contributed by atoms with E-state index in [4.69, 9.17) is 9.47 Å². The van der Waals surface area contributed by atoms with Crippen LogP contribution in [0.4, 0.5) is 0 Å². The molecular formula is C48H80CuN2O4. The number of nitrogens with zero attached hydrogens (tertiary/aromatic N) is 2. The molecule has 0 spiro atoms. The summed E-state index contributed by atoms with van der Waals surface area (Å²) in [5.41, 5.74) is 1.22. The molecule has 0 saturated carbocycles. The minimum absolute atomic E-state index is 0. The van der Waals surface area contributed by atoms with Gasteiger partial charge in [0.15, 0.2) is 0 Å². The second-order valence-corrected chi connectivity index (χ2v) is 15.0. The quantitative estimate of drug-likeness (QED) is 0.0400. The first-order valence-corrected chi connectivity index (χ1v) is 22.3. The molecule has 2 aromatic carbocycles. The second-order valence-electron chi connectivity index (χ2n) is 15.0. The number of benzene rings is 2. The van der Waals surface area contributed by atoms with Gasteiger partial charge in [0.1, 0.15) is 11.5 Å². The van der Waals surface area contributed by atoms with Crippen LogP contribution < -0.4 is 19.7 Å². The van der Waals surface area contributed by atoms with Crippen LogP contribution in [0.1, 0.15) is 205 Å². The van der Waals surface area contributed by atoms with Crippen LogP contribution in [0.2, 0.25) is 0 Å². The molecule has 0 N–H and O–H groups in total. The van der Waals surface area contributed by atoms with Gasteiger partial charge in [-0.3, -0.25) is 9.98 Å². The van der Waals surface area contributed by atoms with Crippen molar-refractivity contribution in [2.24, 2.45) is 9.98 Å². The maximum atomic E-state index is 12.0. The largest absolute Gasteiger partial charge is 2.00 e. The Labute approximate surface area is 349 Å². The van der Waals surface area contributed by atoms with Crippen LogP contribution in [-0.2, 0) is 17.1 Å². The van der Waals surface area contributed by atoms with Crippen LogP contribution in [-0.4, -0.2) is 39.7 Å². The predicted molar refractivity (Wildman–Crippen MR) is 230 cm³/mol. The average molecular weight is 813 g/mol. The third-order valence-corrected chi connectivity index (χ3v) is 10.2. The van der Waals surface area contributed by atoms with E-state index in [1.165, 1.54) is 181 Å². The Bertz CT molecular complexity index is 1100. The molecule has 0 atom stereocenters. The molecule has 0 aliphatic heterocycles. The van der Waals surface area contributed by atoms with Crippen LogP contribution in [0.15, 0.2) is 46.4 Å². The zero-order chi connectivity index (χ0) is 39.2. The number of aliphatic imine (C=N–C) groups is 2. The molecule has 0 saturated heterocycles. The van der Waals surface area contributed by atoms with E-state index in [0.29, 0.717) is 22.6 Å². The molecule has 0 heterocycles. The first-order chi connectivity index (χ1) is 26.6. The third-order valence-electron chi connectivity index (χ3n) is 10.2. The minimum atomic E-state index is -0.0790. The van der Waals surface area contributed by atoms with Gasteiger partial charge in [-0.2, -0.15) is 0 Å². The number of hydrogen-bond acceptors (Lipinski definition) is 6. The van der Waals surface area contributed by atoms with Crippen molar-refractivity contribution in [3.63, 3.8) is 0 Å². The Hall–Kier alpha value is -2.50. The fraction of sp³-hybridized carbons (Fsp3) is 0.708. The number of para-hydroxylation sites is 2. The molecule has 317 valence electrons. The summed E-state index contributed by atoms with van der Waals surface area (Å²) in [6, 6.07) is 10.6. The fourth-order valence-electron chi connectivity index (χ4n) is 6.71. The Morgan fingerprint density at radius 2 is 0.673 bits per heavy atom. The van der Waals surface area contributed by atoms with Gasteiger partial charge in [0, 0.05) is 25.5 Å². The minimum Gasteiger partial charge on any atom is -0.870 e. The molecule has 6 nitrogen and oxygen atoms in total. The fourth-order valence-corrected chi connectivity index (χ4v) is 6.71. The summed E-state index contributed by atoms with van der Waals surface area (Å²) in [4.78, 5) is 8.78. The van der Waals surface area contributed by atoms with Crippen LogP contribution in [0.5, 0.6) is 23.0 Å². The zero-order valence-corrected chi connectivity index (χ0v) is 36.6. The van der Waals surface area contributed by atoms with Gasteiger partial charge in [-0.05, 0) is 36.1 Å². The van der Waals surface area contributed by atoms with Crippen LogP contribution in [0.3, 0.4) is 0 Å². The molecular weight excluding hydrogens is 732 g/mol. The van der Waals surface area contributed by atoms with Gasteiger partial charge in [0.25, 0.3) is 0 Å². The van der Waals surface area contributed by atoms with Crippen molar-refractivity contribution in [1.29, 1.82) is 0 Å². The zero-order valence-electron chi connectivity index (χ0n) is 35.7. The maximum absolute atomic E-state index is 12.0. The van der Waals surface area contributed by atoms with Crippen LogP contribution in [0, 0.1) is 0 Å². The van der Waals surface area contributed by atoms with E-state index in [1.54, 1.807) is 36.7 Å². The number of methoxy groups -OCH3 is 2. The van der Waals surface area contributed by atoms with Gasteiger partial charge >= 0.3 is 17.1 Å². The molecule has 7 heteroatoms. The Morgan fingerprint density at radius 3 is 0.927 bits per heavy atom. The molecule has 0 amide bonds. The summed E-state index contributed by atoms with van der Waals surface area (Å²) >= 11 is 0. The molecule has 0 fully saturated rings.